The highest BCUT2D eigenvalue weighted by Crippen LogP contribution is 2.27. The van der Waals surface area contributed by atoms with Crippen LogP contribution in [0.25, 0.3) is 0 Å². The van der Waals surface area contributed by atoms with E-state index in [0.29, 0.717) is 0 Å². The lowest BCUT2D eigenvalue weighted by Crippen LogP contribution is -1.61. The van der Waals surface area contributed by atoms with E-state index in [0.717, 1.165) is 5.75 Å². The summed E-state index contributed by atoms with van der Waals surface area (Å²) in [5, 5.41) is 4.21. The molecule has 1 heterocycles. The van der Waals surface area contributed by atoms with Crippen LogP contribution in [0.2, 0.25) is 0 Å². The lowest BCUT2D eigenvalue weighted by Gasteiger charge is -1.77. The number of thioether (sulfide) groups is 1. The summed E-state index contributed by atoms with van der Waals surface area (Å²) in [5.74, 6) is 1.02. The van der Waals surface area contributed by atoms with Gasteiger partial charge < -0.3 is 0 Å². The van der Waals surface area contributed by atoms with E-state index >= 15 is 0 Å². The lowest BCUT2D eigenvalue weighted by atomic mass is 10.8. The second-order valence-electron chi connectivity index (χ2n) is 1.36. The standard InChI is InChI=1S/C6H7S3/c1-2-3-7-6-8-4-5-9-6/h2,4-5H,1,3H2/q+1. The van der Waals surface area contributed by atoms with Crippen molar-refractivity contribution in [1.29, 1.82) is 0 Å². The van der Waals surface area contributed by atoms with Gasteiger partial charge in [-0.3, -0.25) is 0 Å². The van der Waals surface area contributed by atoms with Crippen LogP contribution in [0.1, 0.15) is 0 Å². The van der Waals surface area contributed by atoms with Crippen LogP contribution in [0, 0.1) is 0 Å². The molecule has 0 amide bonds. The molecule has 1 aromatic heterocycles. The van der Waals surface area contributed by atoms with Gasteiger partial charge in [0.05, 0.1) is 22.7 Å². The molecule has 0 radical (unpaired) electrons. The zero-order valence-electron chi connectivity index (χ0n) is 4.87. The monoisotopic (exact) mass is 175 g/mol. The number of hydrogen-bond donors (Lipinski definition) is 0. The molecule has 48 valence electrons. The number of rotatable bonds is 3. The highest BCUT2D eigenvalue weighted by Gasteiger charge is 2.04. The summed E-state index contributed by atoms with van der Waals surface area (Å²) >= 11 is 5.44. The average Bonchev–Trinajstić information content (AvgIpc) is 2.34. The minimum atomic E-state index is 1.02. The molecule has 3 heteroatoms. The van der Waals surface area contributed by atoms with Gasteiger partial charge in [0.25, 0.3) is 0 Å². The summed E-state index contributed by atoms with van der Waals surface area (Å²) in [6, 6.07) is 0. The molecular weight excluding hydrogens is 168 g/mol. The van der Waals surface area contributed by atoms with Crippen LogP contribution in [0.15, 0.2) is 26.9 Å². The summed E-state index contributed by atoms with van der Waals surface area (Å²) in [6.07, 6.45) is 1.93. The molecule has 0 aromatic carbocycles. The Morgan fingerprint density at radius 3 is 3.33 bits per heavy atom. The molecule has 1 aromatic rings. The van der Waals surface area contributed by atoms with Gasteiger partial charge in [-0.15, -0.1) is 6.58 Å². The summed E-state index contributed by atoms with van der Waals surface area (Å²) in [7, 11) is 0. The van der Waals surface area contributed by atoms with Crippen molar-refractivity contribution >= 4 is 34.4 Å². The fraction of sp³-hybridized carbons (Fsp3) is 0.167. The van der Waals surface area contributed by atoms with Crippen molar-refractivity contribution in [2.45, 2.75) is 3.52 Å². The average molecular weight is 175 g/mol. The van der Waals surface area contributed by atoms with Crippen molar-refractivity contribution in [3.63, 3.8) is 0 Å². The highest BCUT2D eigenvalue weighted by molar-refractivity contribution is 8.03. The van der Waals surface area contributed by atoms with E-state index < -0.39 is 0 Å². The van der Waals surface area contributed by atoms with Crippen LogP contribution in [-0.2, 0) is 0 Å². The molecule has 0 bridgehead atoms. The van der Waals surface area contributed by atoms with E-state index in [-0.39, 0.29) is 0 Å². The van der Waals surface area contributed by atoms with Gasteiger partial charge in [-0.05, 0) is 0 Å². The first-order chi connectivity index (χ1) is 4.43. The van der Waals surface area contributed by atoms with E-state index in [1.54, 1.807) is 22.7 Å². The van der Waals surface area contributed by atoms with Crippen molar-refractivity contribution in [1.82, 2.24) is 0 Å². The van der Waals surface area contributed by atoms with E-state index in [2.05, 4.69) is 17.3 Å². The largest absolute Gasteiger partial charge is 0.312 e. The fourth-order valence-corrected chi connectivity index (χ4v) is 3.15. The molecule has 0 N–H and O–H groups in total. The van der Waals surface area contributed by atoms with Crippen LogP contribution in [0.3, 0.4) is 0 Å². The van der Waals surface area contributed by atoms with Crippen molar-refractivity contribution in [2.75, 3.05) is 5.75 Å². The Morgan fingerprint density at radius 2 is 2.78 bits per heavy atom. The quantitative estimate of drug-likeness (QED) is 0.385. The second kappa shape index (κ2) is 4.04. The van der Waals surface area contributed by atoms with Crippen molar-refractivity contribution in [2.24, 2.45) is 0 Å². The van der Waals surface area contributed by atoms with Gasteiger partial charge in [0.1, 0.15) is 10.8 Å². The molecule has 1 rings (SSSR count). The summed E-state index contributed by atoms with van der Waals surface area (Å²) in [4.78, 5) is 0. The summed E-state index contributed by atoms with van der Waals surface area (Å²) in [5.41, 5.74) is 0. The molecule has 0 saturated carbocycles. The van der Waals surface area contributed by atoms with Crippen LogP contribution >= 0.6 is 34.4 Å². The Kier molecular flexibility index (Phi) is 3.25. The third kappa shape index (κ3) is 2.47. The van der Waals surface area contributed by atoms with Gasteiger partial charge >= 0.3 is 3.52 Å². The lowest BCUT2D eigenvalue weighted by molar-refractivity contribution is 1.80. The Balaban J connectivity index is 2.38. The summed E-state index contributed by atoms with van der Waals surface area (Å²) < 4.78 is 1.41. The molecule has 0 saturated heterocycles. The Morgan fingerprint density at radius 1 is 1.89 bits per heavy atom. The van der Waals surface area contributed by atoms with Gasteiger partial charge in [-0.2, -0.15) is 0 Å². The van der Waals surface area contributed by atoms with Gasteiger partial charge in [-0.25, -0.2) is 0 Å². The molecule has 0 atom stereocenters. The molecule has 9 heavy (non-hydrogen) atoms. The first-order valence-corrected chi connectivity index (χ1v) is 5.27. The third-order valence-electron chi connectivity index (χ3n) is 0.703. The second-order valence-corrected chi connectivity index (χ2v) is 5.00. The predicted molar refractivity (Wildman–Crippen MR) is 47.5 cm³/mol. The Bertz CT molecular complexity index is 166. The van der Waals surface area contributed by atoms with Crippen molar-refractivity contribution < 1.29 is 0 Å². The van der Waals surface area contributed by atoms with Crippen LogP contribution in [0.4, 0.5) is 0 Å². The molecule has 0 spiro atoms. The molecule has 0 aliphatic carbocycles. The maximum Gasteiger partial charge on any atom is 0.312 e. The summed E-state index contributed by atoms with van der Waals surface area (Å²) in [6.45, 7) is 3.65. The fourth-order valence-electron chi connectivity index (χ4n) is 0.389. The van der Waals surface area contributed by atoms with Gasteiger partial charge in [0, 0.05) is 5.75 Å². The predicted octanol–water partition coefficient (Wildman–Crippen LogP) is 3.37. The molecule has 0 unspecified atom stereocenters. The molecule has 0 aliphatic rings. The molecule has 0 fully saturated rings. The van der Waals surface area contributed by atoms with E-state index in [1.807, 2.05) is 17.8 Å². The first-order valence-electron chi connectivity index (χ1n) is 2.52. The van der Waals surface area contributed by atoms with Crippen LogP contribution in [-0.4, -0.2) is 5.75 Å². The normalized spacial score (nSPS) is 9.33. The van der Waals surface area contributed by atoms with Crippen molar-refractivity contribution in [3.8, 4) is 0 Å². The minimum absolute atomic E-state index is 1.02. The Hall–Kier alpha value is 0.140. The van der Waals surface area contributed by atoms with Crippen molar-refractivity contribution in [3.05, 3.63) is 23.4 Å². The Labute approximate surface area is 67.3 Å². The van der Waals surface area contributed by atoms with Gasteiger partial charge in [0.15, 0.2) is 0 Å². The smallest absolute Gasteiger partial charge is 0.102 e. The maximum atomic E-state index is 3.65. The minimum Gasteiger partial charge on any atom is -0.102 e. The van der Waals surface area contributed by atoms with Gasteiger partial charge in [0.2, 0.25) is 0 Å². The zero-order valence-corrected chi connectivity index (χ0v) is 7.32. The van der Waals surface area contributed by atoms with E-state index in [1.165, 1.54) is 3.52 Å². The SMILES string of the molecule is C=CCSc1scc[s+]1. The topological polar surface area (TPSA) is 0 Å². The van der Waals surface area contributed by atoms with E-state index in [4.69, 9.17) is 0 Å². The van der Waals surface area contributed by atoms with Crippen LogP contribution < -0.4 is 0 Å². The highest BCUT2D eigenvalue weighted by atomic mass is 32.2. The van der Waals surface area contributed by atoms with E-state index in [9.17, 15) is 0 Å². The first kappa shape index (κ1) is 7.25. The molecule has 0 nitrogen and oxygen atoms in total. The molecular formula is C6H7S3+. The number of hydrogen-bond acceptors (Lipinski definition) is 2. The zero-order chi connectivity index (χ0) is 6.53. The van der Waals surface area contributed by atoms with Gasteiger partial charge in [-0.1, -0.05) is 17.8 Å². The third-order valence-corrected chi connectivity index (χ3v) is 4.30. The van der Waals surface area contributed by atoms with Crippen LogP contribution in [0.5, 0.6) is 0 Å². The molecule has 0 aliphatic heterocycles. The maximum absolute atomic E-state index is 3.65.